The lowest BCUT2D eigenvalue weighted by Crippen LogP contribution is -2.30. The second kappa shape index (κ2) is 6.83. The van der Waals surface area contributed by atoms with E-state index in [-0.39, 0.29) is 23.9 Å². The van der Waals surface area contributed by atoms with Crippen LogP contribution in [0.5, 0.6) is 0 Å². The van der Waals surface area contributed by atoms with E-state index in [0.29, 0.717) is 18.1 Å². The molecule has 0 amide bonds. The van der Waals surface area contributed by atoms with E-state index in [4.69, 9.17) is 4.74 Å². The highest BCUT2D eigenvalue weighted by Gasteiger charge is 2.42. The van der Waals surface area contributed by atoms with Crippen molar-refractivity contribution in [3.05, 3.63) is 64.7 Å². The van der Waals surface area contributed by atoms with Crippen LogP contribution in [0.4, 0.5) is 14.5 Å². The lowest BCUT2D eigenvalue weighted by Gasteiger charge is -2.37. The molecule has 2 heterocycles. The molecule has 0 radical (unpaired) electrons. The van der Waals surface area contributed by atoms with Crippen molar-refractivity contribution in [1.82, 2.24) is 0 Å². The summed E-state index contributed by atoms with van der Waals surface area (Å²) in [5.41, 5.74) is 3.78. The standard InChI is InChI=1S/C20H20F2INO/c1-11(10-23)12-2-5-18-16(8-12)20-14(6-7-25-20)19(24-18)15-9-13(21)3-4-17(15)22/h2-5,8-9,11,14,19-20,24H,6-7,10H2,1H3. The minimum Gasteiger partial charge on any atom is -0.377 e. The maximum absolute atomic E-state index is 14.4. The lowest BCUT2D eigenvalue weighted by atomic mass is 9.80. The Morgan fingerprint density at radius 2 is 2.04 bits per heavy atom. The van der Waals surface area contributed by atoms with Crippen molar-refractivity contribution in [2.45, 2.75) is 31.4 Å². The molecule has 0 spiro atoms. The summed E-state index contributed by atoms with van der Waals surface area (Å²) in [7, 11) is 0. The Balaban J connectivity index is 1.76. The first-order valence-corrected chi connectivity index (χ1v) is 10.1. The van der Waals surface area contributed by atoms with Gasteiger partial charge in [0.15, 0.2) is 0 Å². The predicted molar refractivity (Wildman–Crippen MR) is 103 cm³/mol. The number of hydrogen-bond acceptors (Lipinski definition) is 2. The van der Waals surface area contributed by atoms with Gasteiger partial charge in [0.1, 0.15) is 11.6 Å². The second-order valence-corrected chi connectivity index (χ2v) is 7.81. The van der Waals surface area contributed by atoms with Crippen molar-refractivity contribution in [1.29, 1.82) is 0 Å². The number of anilines is 1. The van der Waals surface area contributed by atoms with E-state index >= 15 is 0 Å². The van der Waals surface area contributed by atoms with E-state index in [1.165, 1.54) is 17.7 Å². The predicted octanol–water partition coefficient (Wildman–Crippen LogP) is 5.75. The molecule has 1 N–H and O–H groups in total. The van der Waals surface area contributed by atoms with Crippen molar-refractivity contribution in [3.63, 3.8) is 0 Å². The van der Waals surface area contributed by atoms with Crippen molar-refractivity contribution in [3.8, 4) is 0 Å². The summed E-state index contributed by atoms with van der Waals surface area (Å²) in [5.74, 6) is -0.202. The van der Waals surface area contributed by atoms with E-state index in [9.17, 15) is 8.78 Å². The first-order chi connectivity index (χ1) is 12.1. The third-order valence-electron chi connectivity index (χ3n) is 5.35. The van der Waals surface area contributed by atoms with Gasteiger partial charge in [0, 0.05) is 33.8 Å². The average molecular weight is 455 g/mol. The van der Waals surface area contributed by atoms with Gasteiger partial charge >= 0.3 is 0 Å². The van der Waals surface area contributed by atoms with Crippen molar-refractivity contribution in [2.24, 2.45) is 5.92 Å². The van der Waals surface area contributed by atoms with Crippen LogP contribution in [0.2, 0.25) is 0 Å². The Morgan fingerprint density at radius 3 is 2.84 bits per heavy atom. The monoisotopic (exact) mass is 455 g/mol. The summed E-state index contributed by atoms with van der Waals surface area (Å²) in [4.78, 5) is 0. The summed E-state index contributed by atoms with van der Waals surface area (Å²) < 4.78 is 35.1. The van der Waals surface area contributed by atoms with Crippen LogP contribution in [-0.2, 0) is 4.74 Å². The largest absolute Gasteiger partial charge is 0.377 e. The van der Waals surface area contributed by atoms with Gasteiger partial charge in [-0.3, -0.25) is 0 Å². The lowest BCUT2D eigenvalue weighted by molar-refractivity contribution is 0.0825. The molecule has 5 heteroatoms. The third-order valence-corrected chi connectivity index (χ3v) is 6.67. The molecular formula is C20H20F2INO. The molecule has 25 heavy (non-hydrogen) atoms. The number of alkyl halides is 1. The highest BCUT2D eigenvalue weighted by Crippen LogP contribution is 2.50. The van der Waals surface area contributed by atoms with Gasteiger partial charge in [0.2, 0.25) is 0 Å². The molecule has 2 aliphatic heterocycles. The molecular weight excluding hydrogens is 435 g/mol. The number of hydrogen-bond donors (Lipinski definition) is 1. The molecule has 1 fully saturated rings. The average Bonchev–Trinajstić information content (AvgIpc) is 3.12. The van der Waals surface area contributed by atoms with Gasteiger partial charge in [-0.1, -0.05) is 41.6 Å². The van der Waals surface area contributed by atoms with Crippen molar-refractivity contribution in [2.75, 3.05) is 16.4 Å². The van der Waals surface area contributed by atoms with Crippen molar-refractivity contribution >= 4 is 28.3 Å². The molecule has 2 aliphatic rings. The Hall–Kier alpha value is -1.21. The molecule has 0 saturated carbocycles. The first-order valence-electron chi connectivity index (χ1n) is 8.61. The van der Waals surface area contributed by atoms with Crippen LogP contribution in [0.1, 0.15) is 48.1 Å². The zero-order valence-electron chi connectivity index (χ0n) is 13.9. The Morgan fingerprint density at radius 1 is 1.20 bits per heavy atom. The Bertz CT molecular complexity index is 797. The number of ether oxygens (including phenoxy) is 1. The molecule has 0 aliphatic carbocycles. The molecule has 2 aromatic rings. The highest BCUT2D eigenvalue weighted by molar-refractivity contribution is 14.1. The highest BCUT2D eigenvalue weighted by atomic mass is 127. The SMILES string of the molecule is CC(CI)c1ccc2c(c1)C1OCCC1C(c1cc(F)ccc1F)N2. The van der Waals surface area contributed by atoms with Crippen molar-refractivity contribution < 1.29 is 13.5 Å². The number of fused-ring (bicyclic) bond motifs is 3. The summed E-state index contributed by atoms with van der Waals surface area (Å²) in [5, 5.41) is 3.45. The van der Waals surface area contributed by atoms with Gasteiger partial charge in [-0.15, -0.1) is 0 Å². The van der Waals surface area contributed by atoms with Gasteiger partial charge in [-0.05, 0) is 42.2 Å². The van der Waals surface area contributed by atoms with Gasteiger partial charge < -0.3 is 10.1 Å². The summed E-state index contributed by atoms with van der Waals surface area (Å²) in [6.45, 7) is 2.86. The number of benzene rings is 2. The van der Waals surface area contributed by atoms with Gasteiger partial charge in [0.25, 0.3) is 0 Å². The molecule has 1 saturated heterocycles. The van der Waals surface area contributed by atoms with Crippen LogP contribution in [0.25, 0.3) is 0 Å². The maximum atomic E-state index is 14.4. The van der Waals surface area contributed by atoms with Gasteiger partial charge in [0.05, 0.1) is 12.1 Å². The zero-order valence-corrected chi connectivity index (χ0v) is 16.1. The fraction of sp³-hybridized carbons (Fsp3) is 0.400. The van der Waals surface area contributed by atoms with E-state index in [1.54, 1.807) is 0 Å². The summed E-state index contributed by atoms with van der Waals surface area (Å²) >= 11 is 2.40. The summed E-state index contributed by atoms with van der Waals surface area (Å²) in [6, 6.07) is 9.78. The number of rotatable bonds is 3. The van der Waals surface area contributed by atoms with E-state index in [1.807, 2.05) is 0 Å². The molecule has 4 unspecified atom stereocenters. The number of nitrogens with one attached hydrogen (secondary N) is 1. The smallest absolute Gasteiger partial charge is 0.128 e. The third kappa shape index (κ3) is 3.05. The molecule has 2 nitrogen and oxygen atoms in total. The Labute approximate surface area is 160 Å². The van der Waals surface area contributed by atoms with Gasteiger partial charge in [-0.2, -0.15) is 0 Å². The minimum atomic E-state index is -0.411. The molecule has 132 valence electrons. The molecule has 2 aromatic carbocycles. The fourth-order valence-corrected chi connectivity index (χ4v) is 4.46. The van der Waals surface area contributed by atoms with Crippen LogP contribution < -0.4 is 5.32 Å². The normalized spacial score (nSPS) is 25.8. The minimum absolute atomic E-state index is 0.0646. The Kier molecular flexibility index (Phi) is 4.71. The number of halogens is 3. The van der Waals surface area contributed by atoms with Gasteiger partial charge in [-0.25, -0.2) is 8.78 Å². The topological polar surface area (TPSA) is 21.3 Å². The molecule has 4 rings (SSSR count). The quantitative estimate of drug-likeness (QED) is 0.471. The molecule has 4 atom stereocenters. The van der Waals surface area contributed by atoms with Crippen LogP contribution in [0.15, 0.2) is 36.4 Å². The molecule has 0 bridgehead atoms. The van der Waals surface area contributed by atoms with E-state index in [0.717, 1.165) is 28.2 Å². The summed E-state index contributed by atoms with van der Waals surface area (Å²) in [6.07, 6.45) is 0.773. The zero-order chi connectivity index (χ0) is 17.6. The van der Waals surface area contributed by atoms with Crippen LogP contribution in [0, 0.1) is 17.6 Å². The van der Waals surface area contributed by atoms with E-state index < -0.39 is 5.82 Å². The van der Waals surface area contributed by atoms with Crippen LogP contribution >= 0.6 is 22.6 Å². The van der Waals surface area contributed by atoms with Crippen LogP contribution in [0.3, 0.4) is 0 Å². The fourth-order valence-electron chi connectivity index (χ4n) is 3.95. The first kappa shape index (κ1) is 17.2. The maximum Gasteiger partial charge on any atom is 0.128 e. The van der Waals surface area contributed by atoms with Crippen LogP contribution in [-0.4, -0.2) is 11.0 Å². The molecule has 0 aromatic heterocycles. The van der Waals surface area contributed by atoms with E-state index in [2.05, 4.69) is 53.0 Å². The second-order valence-electron chi connectivity index (χ2n) is 6.93.